The fraction of sp³-hybridized carbons (Fsp3) is 0.615. The van der Waals surface area contributed by atoms with Gasteiger partial charge in [0.1, 0.15) is 5.78 Å². The average molecular weight is 264 g/mol. The van der Waals surface area contributed by atoms with E-state index in [1.165, 1.54) is 0 Å². The highest BCUT2D eigenvalue weighted by atomic mass is 32.2. The van der Waals surface area contributed by atoms with E-state index in [-0.39, 0.29) is 17.4 Å². The third kappa shape index (κ3) is 2.23. The van der Waals surface area contributed by atoms with E-state index in [2.05, 4.69) is 5.10 Å². The summed E-state index contributed by atoms with van der Waals surface area (Å²) in [4.78, 5) is 23.6. The molecule has 0 spiro atoms. The minimum atomic E-state index is -0.0454. The van der Waals surface area contributed by atoms with Crippen LogP contribution in [0.25, 0.3) is 0 Å². The third-order valence-electron chi connectivity index (χ3n) is 3.67. The molecule has 0 bridgehead atoms. The van der Waals surface area contributed by atoms with Crippen LogP contribution < -0.4 is 5.56 Å². The largest absolute Gasteiger partial charge is 0.300 e. The molecule has 0 aromatic carbocycles. The number of hydrogen-bond acceptors (Lipinski definition) is 4. The molecule has 3 rings (SSSR count). The van der Waals surface area contributed by atoms with Crippen molar-refractivity contribution in [3.63, 3.8) is 0 Å². The molecule has 0 radical (unpaired) electrons. The topological polar surface area (TPSA) is 52.0 Å². The van der Waals surface area contributed by atoms with Crippen LogP contribution in [0.3, 0.4) is 0 Å². The number of carbonyl (C=O) groups excluding carboxylic acids is 1. The fourth-order valence-corrected chi connectivity index (χ4v) is 3.65. The number of rotatable bonds is 1. The number of Topliss-reactive ketones (excluding diaryl/α,β-unsaturated/α-hetero) is 1. The van der Waals surface area contributed by atoms with Crippen molar-refractivity contribution in [1.29, 1.82) is 0 Å². The summed E-state index contributed by atoms with van der Waals surface area (Å²) in [5, 5.41) is 4.51. The molecule has 2 aliphatic rings. The van der Waals surface area contributed by atoms with Crippen molar-refractivity contribution in [3.8, 4) is 0 Å². The van der Waals surface area contributed by atoms with Crippen LogP contribution in [-0.4, -0.2) is 21.3 Å². The first kappa shape index (κ1) is 12.0. The van der Waals surface area contributed by atoms with Crippen LogP contribution in [0, 0.1) is 0 Å². The molecule has 4 nitrogen and oxygen atoms in total. The van der Waals surface area contributed by atoms with Crippen LogP contribution in [0.15, 0.2) is 10.9 Å². The summed E-state index contributed by atoms with van der Waals surface area (Å²) in [5.41, 5.74) is 2.08. The summed E-state index contributed by atoms with van der Waals surface area (Å²) in [6.07, 6.45) is 3.84. The molecule has 5 heteroatoms. The Morgan fingerprint density at radius 1 is 1.33 bits per heavy atom. The summed E-state index contributed by atoms with van der Waals surface area (Å²) in [6, 6.07) is 1.70. The fourth-order valence-electron chi connectivity index (χ4n) is 2.70. The molecule has 96 valence electrons. The van der Waals surface area contributed by atoms with Crippen molar-refractivity contribution in [1.82, 2.24) is 9.78 Å². The summed E-state index contributed by atoms with van der Waals surface area (Å²) in [5.74, 6) is 2.22. The molecule has 1 atom stereocenters. The second kappa shape index (κ2) is 4.88. The van der Waals surface area contributed by atoms with Gasteiger partial charge in [-0.05, 0) is 24.2 Å². The summed E-state index contributed by atoms with van der Waals surface area (Å²) in [6.45, 7) is 0. The number of nitrogens with zero attached hydrogens (tertiary/aromatic N) is 2. The molecular formula is C13H16N2O2S. The molecule has 0 amide bonds. The Bertz CT molecular complexity index is 538. The van der Waals surface area contributed by atoms with Gasteiger partial charge >= 0.3 is 0 Å². The van der Waals surface area contributed by atoms with Gasteiger partial charge in [0.25, 0.3) is 5.56 Å². The Morgan fingerprint density at radius 3 is 3.06 bits per heavy atom. The minimum absolute atomic E-state index is 0.0152. The smallest absolute Gasteiger partial charge is 0.267 e. The summed E-state index contributed by atoms with van der Waals surface area (Å²) < 4.78 is 1.56. The van der Waals surface area contributed by atoms with Gasteiger partial charge in [0, 0.05) is 31.1 Å². The van der Waals surface area contributed by atoms with Gasteiger partial charge in [-0.15, -0.1) is 0 Å². The van der Waals surface area contributed by atoms with Crippen molar-refractivity contribution < 1.29 is 4.79 Å². The average Bonchev–Trinajstić information content (AvgIpc) is 2.38. The van der Waals surface area contributed by atoms with E-state index in [4.69, 9.17) is 0 Å². The van der Waals surface area contributed by atoms with Crippen molar-refractivity contribution in [2.45, 2.75) is 43.9 Å². The Kier molecular flexibility index (Phi) is 3.24. The number of hydrogen-bond donors (Lipinski definition) is 0. The first-order valence-electron chi connectivity index (χ1n) is 6.45. The van der Waals surface area contributed by atoms with Crippen LogP contribution in [0.1, 0.15) is 43.0 Å². The van der Waals surface area contributed by atoms with Gasteiger partial charge in [0.2, 0.25) is 0 Å². The number of aromatic nitrogens is 2. The quantitative estimate of drug-likeness (QED) is 0.775. The minimum Gasteiger partial charge on any atom is -0.300 e. The van der Waals surface area contributed by atoms with Gasteiger partial charge in [0.05, 0.1) is 11.7 Å². The highest BCUT2D eigenvalue weighted by molar-refractivity contribution is 7.98. The molecular weight excluding hydrogens is 248 g/mol. The van der Waals surface area contributed by atoms with E-state index < -0.39 is 0 Å². The van der Waals surface area contributed by atoms with E-state index >= 15 is 0 Å². The van der Waals surface area contributed by atoms with Crippen LogP contribution in [-0.2, 0) is 17.0 Å². The van der Waals surface area contributed by atoms with Gasteiger partial charge in [-0.2, -0.15) is 16.9 Å². The lowest BCUT2D eigenvalue weighted by molar-refractivity contribution is -0.121. The Labute approximate surface area is 110 Å². The highest BCUT2D eigenvalue weighted by Crippen LogP contribution is 2.26. The van der Waals surface area contributed by atoms with Crippen LogP contribution in [0.4, 0.5) is 0 Å². The van der Waals surface area contributed by atoms with Crippen LogP contribution in [0.2, 0.25) is 0 Å². The lowest BCUT2D eigenvalue weighted by Crippen LogP contribution is -2.32. The molecule has 1 aliphatic heterocycles. The first-order valence-corrected chi connectivity index (χ1v) is 7.60. The predicted octanol–water partition coefficient (Wildman–Crippen LogP) is 1.72. The number of ketones is 1. The Balaban J connectivity index is 1.96. The number of thioether (sulfide) groups is 1. The van der Waals surface area contributed by atoms with Gasteiger partial charge in [-0.25, -0.2) is 4.68 Å². The van der Waals surface area contributed by atoms with E-state index in [1.54, 1.807) is 10.7 Å². The molecule has 0 N–H and O–H groups in total. The SMILES string of the molecule is O=C1CCCC(n2nc3c(cc2=O)CSCC3)C1. The maximum Gasteiger partial charge on any atom is 0.267 e. The van der Waals surface area contributed by atoms with E-state index in [0.717, 1.165) is 42.0 Å². The van der Waals surface area contributed by atoms with Crippen molar-refractivity contribution in [3.05, 3.63) is 27.7 Å². The van der Waals surface area contributed by atoms with E-state index in [1.807, 2.05) is 11.8 Å². The summed E-state index contributed by atoms with van der Waals surface area (Å²) in [7, 11) is 0. The molecule has 1 saturated carbocycles. The predicted molar refractivity (Wildman–Crippen MR) is 70.9 cm³/mol. The molecule has 1 aromatic rings. The van der Waals surface area contributed by atoms with Crippen LogP contribution >= 0.6 is 11.8 Å². The zero-order chi connectivity index (χ0) is 12.5. The van der Waals surface area contributed by atoms with Crippen molar-refractivity contribution in [2.75, 3.05) is 5.75 Å². The van der Waals surface area contributed by atoms with Gasteiger partial charge < -0.3 is 0 Å². The second-order valence-electron chi connectivity index (χ2n) is 4.99. The van der Waals surface area contributed by atoms with Gasteiger partial charge in [0.15, 0.2) is 0 Å². The maximum atomic E-state index is 12.1. The Hall–Kier alpha value is -1.10. The molecule has 1 fully saturated rings. The Morgan fingerprint density at radius 2 is 2.22 bits per heavy atom. The molecule has 1 aliphatic carbocycles. The zero-order valence-electron chi connectivity index (χ0n) is 10.2. The number of carbonyl (C=O) groups is 1. The molecule has 18 heavy (non-hydrogen) atoms. The lowest BCUT2D eigenvalue weighted by atomic mass is 9.94. The standard InChI is InChI=1S/C13H16N2O2S/c16-11-3-1-2-10(7-11)15-13(17)6-9-8-18-5-4-12(9)14-15/h6,10H,1-5,7-8H2. The number of aryl methyl sites for hydroxylation is 1. The molecule has 0 saturated heterocycles. The van der Waals surface area contributed by atoms with Crippen LogP contribution in [0.5, 0.6) is 0 Å². The van der Waals surface area contributed by atoms with E-state index in [9.17, 15) is 9.59 Å². The van der Waals surface area contributed by atoms with Gasteiger partial charge in [-0.1, -0.05) is 0 Å². The first-order chi connectivity index (χ1) is 8.74. The second-order valence-corrected chi connectivity index (χ2v) is 6.10. The normalized spacial score (nSPS) is 23.8. The van der Waals surface area contributed by atoms with Crippen molar-refractivity contribution in [2.24, 2.45) is 0 Å². The lowest BCUT2D eigenvalue weighted by Gasteiger charge is -2.24. The monoisotopic (exact) mass is 264 g/mol. The third-order valence-corrected chi connectivity index (χ3v) is 4.67. The zero-order valence-corrected chi connectivity index (χ0v) is 11.0. The molecule has 2 heterocycles. The molecule has 1 aromatic heterocycles. The van der Waals surface area contributed by atoms with Gasteiger partial charge in [-0.3, -0.25) is 9.59 Å². The molecule has 1 unspecified atom stereocenters. The maximum absolute atomic E-state index is 12.1. The van der Waals surface area contributed by atoms with E-state index in [0.29, 0.717) is 12.8 Å². The number of fused-ring (bicyclic) bond motifs is 1. The summed E-state index contributed by atoms with van der Waals surface area (Å²) >= 11 is 1.85. The van der Waals surface area contributed by atoms with Crippen molar-refractivity contribution >= 4 is 17.5 Å². The highest BCUT2D eigenvalue weighted by Gasteiger charge is 2.24.